The lowest BCUT2D eigenvalue weighted by molar-refractivity contribution is -0.112. The molecule has 7 heteroatoms. The molecule has 1 amide bonds. The number of carbonyl (C=O) groups excluding carboxylic acids is 1. The molecule has 7 nitrogen and oxygen atoms in total. The molecule has 0 saturated heterocycles. The summed E-state index contributed by atoms with van der Waals surface area (Å²) in [5.74, 6) is -1.76. The van der Waals surface area contributed by atoms with Crippen LogP contribution in [-0.4, -0.2) is 22.1 Å². The molecule has 0 heterocycles. The summed E-state index contributed by atoms with van der Waals surface area (Å²) in [6.45, 7) is 0. The Kier molecular flexibility index (Phi) is 5.16. The van der Waals surface area contributed by atoms with Crippen LogP contribution >= 0.6 is 0 Å². The minimum absolute atomic E-state index is 0.0215. The van der Waals surface area contributed by atoms with Crippen LogP contribution in [0, 0.1) is 11.3 Å². The van der Waals surface area contributed by atoms with E-state index in [-0.39, 0.29) is 22.6 Å². The third-order valence-corrected chi connectivity index (χ3v) is 2.96. The van der Waals surface area contributed by atoms with Gasteiger partial charge in [-0.2, -0.15) is 5.26 Å². The molecule has 4 N–H and O–H groups in total. The number of carboxylic acid groups (broad SMARTS) is 1. The molecule has 2 rings (SSSR count). The molecule has 0 bridgehead atoms. The van der Waals surface area contributed by atoms with Gasteiger partial charge in [-0.3, -0.25) is 4.79 Å². The molecular formula is C17H13N3O4. The van der Waals surface area contributed by atoms with Gasteiger partial charge in [-0.1, -0.05) is 12.1 Å². The Bertz CT molecular complexity index is 853. The van der Waals surface area contributed by atoms with E-state index in [1.807, 2.05) is 0 Å². The van der Waals surface area contributed by atoms with Crippen molar-refractivity contribution in [1.82, 2.24) is 0 Å². The summed E-state index contributed by atoms with van der Waals surface area (Å²) in [5.41, 5.74) is 0.578. The van der Waals surface area contributed by atoms with Crippen molar-refractivity contribution in [2.24, 2.45) is 0 Å². The number of rotatable bonds is 5. The highest BCUT2D eigenvalue weighted by Crippen LogP contribution is 2.16. The Hall–Kier alpha value is -3.79. The van der Waals surface area contributed by atoms with E-state index in [4.69, 9.17) is 10.4 Å². The lowest BCUT2D eigenvalue weighted by atomic mass is 10.2. The van der Waals surface area contributed by atoms with Crippen LogP contribution in [0.4, 0.5) is 11.4 Å². The van der Waals surface area contributed by atoms with E-state index in [0.717, 1.165) is 0 Å². The molecule has 0 saturated carbocycles. The predicted molar refractivity (Wildman–Crippen MR) is 87.5 cm³/mol. The second kappa shape index (κ2) is 7.47. The van der Waals surface area contributed by atoms with Crippen LogP contribution < -0.4 is 10.6 Å². The van der Waals surface area contributed by atoms with E-state index in [1.165, 1.54) is 42.6 Å². The largest absolute Gasteiger partial charge is 0.508 e. The van der Waals surface area contributed by atoms with E-state index < -0.39 is 11.9 Å². The summed E-state index contributed by atoms with van der Waals surface area (Å²) in [6, 6.07) is 13.6. The first-order valence-electron chi connectivity index (χ1n) is 6.80. The number of anilines is 2. The summed E-state index contributed by atoms with van der Waals surface area (Å²) in [5, 5.41) is 32.6. The number of nitriles is 1. The average molecular weight is 323 g/mol. The Labute approximate surface area is 137 Å². The summed E-state index contributed by atoms with van der Waals surface area (Å²) >= 11 is 0. The van der Waals surface area contributed by atoms with Crippen molar-refractivity contribution in [1.29, 1.82) is 5.26 Å². The van der Waals surface area contributed by atoms with E-state index in [9.17, 15) is 14.7 Å². The number of benzene rings is 2. The highest BCUT2D eigenvalue weighted by atomic mass is 16.4. The Morgan fingerprint density at radius 3 is 2.46 bits per heavy atom. The van der Waals surface area contributed by atoms with Gasteiger partial charge in [0, 0.05) is 23.6 Å². The van der Waals surface area contributed by atoms with E-state index in [0.29, 0.717) is 5.69 Å². The van der Waals surface area contributed by atoms with E-state index >= 15 is 0 Å². The van der Waals surface area contributed by atoms with E-state index in [1.54, 1.807) is 18.2 Å². The number of hydrogen-bond acceptors (Lipinski definition) is 5. The highest BCUT2D eigenvalue weighted by Gasteiger charge is 2.11. The van der Waals surface area contributed by atoms with Crippen LogP contribution in [0.1, 0.15) is 10.4 Å². The molecule has 24 heavy (non-hydrogen) atoms. The Balaban J connectivity index is 2.11. The fourth-order valence-corrected chi connectivity index (χ4v) is 1.83. The average Bonchev–Trinajstić information content (AvgIpc) is 2.55. The first-order chi connectivity index (χ1) is 11.5. The van der Waals surface area contributed by atoms with Crippen LogP contribution in [0.3, 0.4) is 0 Å². The van der Waals surface area contributed by atoms with Crippen molar-refractivity contribution in [3.63, 3.8) is 0 Å². The number of nitrogens with zero attached hydrogens (tertiary/aromatic N) is 1. The van der Waals surface area contributed by atoms with Gasteiger partial charge in [-0.25, -0.2) is 4.79 Å². The molecule has 2 aromatic rings. The molecule has 0 spiro atoms. The lowest BCUT2D eigenvalue weighted by Crippen LogP contribution is -2.15. The van der Waals surface area contributed by atoms with Gasteiger partial charge in [0.25, 0.3) is 5.91 Å². The summed E-state index contributed by atoms with van der Waals surface area (Å²) in [4.78, 5) is 23.0. The van der Waals surface area contributed by atoms with Gasteiger partial charge >= 0.3 is 5.97 Å². The fourth-order valence-electron chi connectivity index (χ4n) is 1.83. The van der Waals surface area contributed by atoms with Crippen molar-refractivity contribution in [2.75, 3.05) is 10.6 Å². The van der Waals surface area contributed by atoms with Gasteiger partial charge in [-0.05, 0) is 30.3 Å². The number of carbonyl (C=O) groups is 2. The molecule has 0 aliphatic carbocycles. The molecule has 0 atom stereocenters. The van der Waals surface area contributed by atoms with Crippen LogP contribution in [0.15, 0.2) is 60.3 Å². The van der Waals surface area contributed by atoms with Crippen molar-refractivity contribution >= 4 is 23.3 Å². The second-order valence-corrected chi connectivity index (χ2v) is 4.70. The van der Waals surface area contributed by atoms with Crippen molar-refractivity contribution in [3.05, 3.63) is 65.9 Å². The number of phenols is 1. The minimum atomic E-state index is -1.12. The lowest BCUT2D eigenvalue weighted by Gasteiger charge is -2.06. The molecule has 120 valence electrons. The van der Waals surface area contributed by atoms with E-state index in [2.05, 4.69) is 10.6 Å². The predicted octanol–water partition coefficient (Wildman–Crippen LogP) is 2.55. The number of carboxylic acids is 1. The molecular weight excluding hydrogens is 310 g/mol. The van der Waals surface area contributed by atoms with Crippen LogP contribution in [0.25, 0.3) is 0 Å². The van der Waals surface area contributed by atoms with Gasteiger partial charge in [0.1, 0.15) is 17.4 Å². The number of nitrogens with one attached hydrogen (secondary N) is 2. The van der Waals surface area contributed by atoms with Gasteiger partial charge in [-0.15, -0.1) is 0 Å². The molecule has 0 radical (unpaired) electrons. The molecule has 0 unspecified atom stereocenters. The SMILES string of the molecule is N#C/C(=C/Nc1cccc(O)c1)C(=O)Nc1cccc(C(=O)O)c1. The molecule has 0 fully saturated rings. The Morgan fingerprint density at radius 1 is 1.08 bits per heavy atom. The maximum Gasteiger partial charge on any atom is 0.335 e. The summed E-state index contributed by atoms with van der Waals surface area (Å²) < 4.78 is 0. The summed E-state index contributed by atoms with van der Waals surface area (Å²) in [7, 11) is 0. The van der Waals surface area contributed by atoms with Gasteiger partial charge < -0.3 is 20.8 Å². The van der Waals surface area contributed by atoms with Gasteiger partial charge in [0.15, 0.2) is 0 Å². The van der Waals surface area contributed by atoms with Crippen molar-refractivity contribution in [3.8, 4) is 11.8 Å². The fraction of sp³-hybridized carbons (Fsp3) is 0. The quantitative estimate of drug-likeness (QED) is 0.495. The maximum absolute atomic E-state index is 12.1. The minimum Gasteiger partial charge on any atom is -0.508 e. The summed E-state index contributed by atoms with van der Waals surface area (Å²) in [6.07, 6.45) is 1.20. The molecule has 0 aromatic heterocycles. The number of phenolic OH excluding ortho intramolecular Hbond substituents is 1. The first-order valence-corrected chi connectivity index (χ1v) is 6.80. The number of amides is 1. The highest BCUT2D eigenvalue weighted by molar-refractivity contribution is 6.07. The normalized spacial score (nSPS) is 10.5. The van der Waals surface area contributed by atoms with Crippen molar-refractivity contribution in [2.45, 2.75) is 0 Å². The van der Waals surface area contributed by atoms with Crippen molar-refractivity contribution < 1.29 is 19.8 Å². The zero-order valence-corrected chi connectivity index (χ0v) is 12.4. The second-order valence-electron chi connectivity index (χ2n) is 4.70. The number of aromatic hydroxyl groups is 1. The third kappa shape index (κ3) is 4.35. The smallest absolute Gasteiger partial charge is 0.335 e. The molecule has 0 aliphatic rings. The van der Waals surface area contributed by atoms with Gasteiger partial charge in [0.05, 0.1) is 5.56 Å². The zero-order chi connectivity index (χ0) is 17.5. The van der Waals surface area contributed by atoms with Crippen LogP contribution in [0.5, 0.6) is 5.75 Å². The molecule has 0 aliphatic heterocycles. The monoisotopic (exact) mass is 323 g/mol. The third-order valence-electron chi connectivity index (χ3n) is 2.96. The molecule has 2 aromatic carbocycles. The van der Waals surface area contributed by atoms with Crippen LogP contribution in [0.2, 0.25) is 0 Å². The number of hydrogen-bond donors (Lipinski definition) is 4. The zero-order valence-electron chi connectivity index (χ0n) is 12.4. The van der Waals surface area contributed by atoms with Gasteiger partial charge in [0.2, 0.25) is 0 Å². The maximum atomic E-state index is 12.1. The van der Waals surface area contributed by atoms with Crippen LogP contribution in [-0.2, 0) is 4.79 Å². The number of aromatic carboxylic acids is 1. The Morgan fingerprint density at radius 2 is 1.79 bits per heavy atom. The standard InChI is InChI=1S/C17H13N3O4/c18-9-12(10-19-13-4-2-6-15(21)8-13)16(22)20-14-5-1-3-11(7-14)17(23)24/h1-8,10,19,21H,(H,20,22)(H,23,24)/b12-10-. The first kappa shape index (κ1) is 16.6. The topological polar surface area (TPSA) is 122 Å².